The largest absolute Gasteiger partial charge is 0.396 e. The van der Waals surface area contributed by atoms with Crippen molar-refractivity contribution in [1.82, 2.24) is 0 Å². The standard InChI is InChI=1S/C10H11BrO/c1-8(6-7-12)9-4-2-3-5-10(9)11/h2-5,12H,1,6-7H2. The predicted molar refractivity (Wildman–Crippen MR) is 54.9 cm³/mol. The van der Waals surface area contributed by atoms with Gasteiger partial charge in [0, 0.05) is 11.1 Å². The summed E-state index contributed by atoms with van der Waals surface area (Å²) in [6, 6.07) is 7.88. The molecule has 0 bridgehead atoms. The van der Waals surface area contributed by atoms with Gasteiger partial charge >= 0.3 is 0 Å². The maximum atomic E-state index is 8.71. The van der Waals surface area contributed by atoms with Crippen molar-refractivity contribution in [3.63, 3.8) is 0 Å². The van der Waals surface area contributed by atoms with E-state index in [1.165, 1.54) is 0 Å². The summed E-state index contributed by atoms with van der Waals surface area (Å²) in [5.74, 6) is 0. The topological polar surface area (TPSA) is 20.2 Å². The summed E-state index contributed by atoms with van der Waals surface area (Å²) in [7, 11) is 0. The molecule has 0 atom stereocenters. The Hall–Kier alpha value is -0.600. The van der Waals surface area contributed by atoms with Gasteiger partial charge in [0.1, 0.15) is 0 Å². The Bertz CT molecular complexity index is 281. The Morgan fingerprint density at radius 3 is 2.67 bits per heavy atom. The molecule has 0 aliphatic carbocycles. The second kappa shape index (κ2) is 4.43. The molecule has 0 unspecified atom stereocenters. The fourth-order valence-corrected chi connectivity index (χ4v) is 1.58. The molecule has 1 rings (SSSR count). The van der Waals surface area contributed by atoms with Crippen LogP contribution < -0.4 is 0 Å². The van der Waals surface area contributed by atoms with Crippen molar-refractivity contribution in [3.8, 4) is 0 Å². The molecule has 0 aliphatic heterocycles. The molecule has 0 spiro atoms. The van der Waals surface area contributed by atoms with Crippen LogP contribution in [0.1, 0.15) is 12.0 Å². The van der Waals surface area contributed by atoms with Crippen LogP contribution in [0.3, 0.4) is 0 Å². The summed E-state index contributed by atoms with van der Waals surface area (Å²) in [5, 5.41) is 8.71. The third-order valence-corrected chi connectivity index (χ3v) is 2.36. The predicted octanol–water partition coefficient (Wildman–Crippen LogP) is 2.84. The van der Waals surface area contributed by atoms with Crippen LogP contribution in [0.2, 0.25) is 0 Å². The first-order valence-electron chi connectivity index (χ1n) is 3.79. The van der Waals surface area contributed by atoms with Crippen molar-refractivity contribution in [2.24, 2.45) is 0 Å². The Morgan fingerprint density at radius 1 is 1.42 bits per heavy atom. The molecular formula is C10H11BrO. The lowest BCUT2D eigenvalue weighted by molar-refractivity contribution is 0.305. The fraction of sp³-hybridized carbons (Fsp3) is 0.200. The minimum atomic E-state index is 0.153. The van der Waals surface area contributed by atoms with Crippen LogP contribution in [-0.4, -0.2) is 11.7 Å². The average molecular weight is 227 g/mol. The average Bonchev–Trinajstić information content (AvgIpc) is 2.05. The highest BCUT2D eigenvalue weighted by atomic mass is 79.9. The molecule has 0 heterocycles. The van der Waals surface area contributed by atoms with Crippen molar-refractivity contribution in [2.75, 3.05) is 6.61 Å². The lowest BCUT2D eigenvalue weighted by atomic mass is 10.1. The van der Waals surface area contributed by atoms with Gasteiger partial charge in [-0.1, -0.05) is 40.7 Å². The van der Waals surface area contributed by atoms with Gasteiger partial charge in [-0.05, 0) is 23.6 Å². The number of rotatable bonds is 3. The van der Waals surface area contributed by atoms with Gasteiger partial charge in [-0.2, -0.15) is 0 Å². The summed E-state index contributed by atoms with van der Waals surface area (Å²) >= 11 is 3.42. The van der Waals surface area contributed by atoms with E-state index >= 15 is 0 Å². The van der Waals surface area contributed by atoms with E-state index in [4.69, 9.17) is 5.11 Å². The number of benzene rings is 1. The van der Waals surface area contributed by atoms with Crippen LogP contribution >= 0.6 is 15.9 Å². The molecule has 2 heteroatoms. The maximum Gasteiger partial charge on any atom is 0.0471 e. The van der Waals surface area contributed by atoms with E-state index in [0.717, 1.165) is 15.6 Å². The summed E-state index contributed by atoms with van der Waals surface area (Å²) in [5.41, 5.74) is 2.04. The highest BCUT2D eigenvalue weighted by Crippen LogP contribution is 2.24. The Kier molecular flexibility index (Phi) is 3.50. The number of hydrogen-bond acceptors (Lipinski definition) is 1. The summed E-state index contributed by atoms with van der Waals surface area (Å²) < 4.78 is 1.03. The van der Waals surface area contributed by atoms with E-state index in [1.54, 1.807) is 0 Å². The quantitative estimate of drug-likeness (QED) is 0.841. The molecule has 0 saturated heterocycles. The SMILES string of the molecule is C=C(CCO)c1ccccc1Br. The van der Waals surface area contributed by atoms with Crippen molar-refractivity contribution in [2.45, 2.75) is 6.42 Å². The molecule has 0 aromatic heterocycles. The molecule has 64 valence electrons. The van der Waals surface area contributed by atoms with E-state index in [-0.39, 0.29) is 6.61 Å². The smallest absolute Gasteiger partial charge is 0.0471 e. The fourth-order valence-electron chi connectivity index (χ4n) is 1.02. The second-order valence-electron chi connectivity index (χ2n) is 2.56. The first kappa shape index (κ1) is 9.49. The minimum Gasteiger partial charge on any atom is -0.396 e. The van der Waals surface area contributed by atoms with Crippen molar-refractivity contribution < 1.29 is 5.11 Å². The first-order valence-corrected chi connectivity index (χ1v) is 4.58. The zero-order valence-corrected chi connectivity index (χ0v) is 8.34. The molecule has 0 amide bonds. The Labute approximate surface area is 80.9 Å². The van der Waals surface area contributed by atoms with Crippen molar-refractivity contribution in [1.29, 1.82) is 0 Å². The maximum absolute atomic E-state index is 8.71. The molecule has 0 fully saturated rings. The number of aliphatic hydroxyl groups is 1. The summed E-state index contributed by atoms with van der Waals surface area (Å²) in [6.07, 6.45) is 0.628. The summed E-state index contributed by atoms with van der Waals surface area (Å²) in [6.45, 7) is 4.04. The summed E-state index contributed by atoms with van der Waals surface area (Å²) in [4.78, 5) is 0. The highest BCUT2D eigenvalue weighted by molar-refractivity contribution is 9.10. The monoisotopic (exact) mass is 226 g/mol. The van der Waals surface area contributed by atoms with Crippen LogP contribution in [-0.2, 0) is 0 Å². The van der Waals surface area contributed by atoms with E-state index < -0.39 is 0 Å². The van der Waals surface area contributed by atoms with Crippen LogP contribution in [0.5, 0.6) is 0 Å². The van der Waals surface area contributed by atoms with E-state index in [9.17, 15) is 0 Å². The van der Waals surface area contributed by atoms with Gasteiger partial charge < -0.3 is 5.11 Å². The number of aliphatic hydroxyl groups excluding tert-OH is 1. The van der Waals surface area contributed by atoms with Gasteiger partial charge in [-0.15, -0.1) is 0 Å². The lowest BCUT2D eigenvalue weighted by Crippen LogP contribution is -1.88. The van der Waals surface area contributed by atoms with E-state index in [1.807, 2.05) is 24.3 Å². The van der Waals surface area contributed by atoms with Crippen LogP contribution in [0.4, 0.5) is 0 Å². The molecule has 1 aromatic carbocycles. The molecule has 12 heavy (non-hydrogen) atoms. The normalized spacial score (nSPS) is 9.83. The van der Waals surface area contributed by atoms with Crippen LogP contribution in [0.25, 0.3) is 5.57 Å². The molecule has 0 aliphatic rings. The Balaban J connectivity index is 2.87. The van der Waals surface area contributed by atoms with Gasteiger partial charge in [0.2, 0.25) is 0 Å². The second-order valence-corrected chi connectivity index (χ2v) is 3.41. The molecule has 1 N–H and O–H groups in total. The van der Waals surface area contributed by atoms with Gasteiger partial charge in [-0.3, -0.25) is 0 Å². The van der Waals surface area contributed by atoms with Gasteiger partial charge in [-0.25, -0.2) is 0 Å². The number of halogens is 1. The molecule has 1 aromatic rings. The molecule has 0 radical (unpaired) electrons. The molecule has 0 saturated carbocycles. The van der Waals surface area contributed by atoms with Crippen LogP contribution in [0.15, 0.2) is 35.3 Å². The zero-order valence-electron chi connectivity index (χ0n) is 6.76. The van der Waals surface area contributed by atoms with Gasteiger partial charge in [0.15, 0.2) is 0 Å². The third-order valence-electron chi connectivity index (χ3n) is 1.67. The minimum absolute atomic E-state index is 0.153. The van der Waals surface area contributed by atoms with Crippen molar-refractivity contribution >= 4 is 21.5 Å². The van der Waals surface area contributed by atoms with Crippen LogP contribution in [0, 0.1) is 0 Å². The van der Waals surface area contributed by atoms with Gasteiger partial charge in [0.25, 0.3) is 0 Å². The van der Waals surface area contributed by atoms with E-state index in [2.05, 4.69) is 22.5 Å². The number of hydrogen-bond donors (Lipinski definition) is 1. The highest BCUT2D eigenvalue weighted by Gasteiger charge is 2.01. The molecular weight excluding hydrogens is 216 g/mol. The zero-order chi connectivity index (χ0) is 8.97. The molecule has 1 nitrogen and oxygen atoms in total. The third kappa shape index (κ3) is 2.19. The van der Waals surface area contributed by atoms with E-state index in [0.29, 0.717) is 6.42 Å². The van der Waals surface area contributed by atoms with Gasteiger partial charge in [0.05, 0.1) is 0 Å². The van der Waals surface area contributed by atoms with Crippen molar-refractivity contribution in [3.05, 3.63) is 40.9 Å². The Morgan fingerprint density at radius 2 is 2.08 bits per heavy atom. The first-order chi connectivity index (χ1) is 5.75. The lowest BCUT2D eigenvalue weighted by Gasteiger charge is -2.05.